The van der Waals surface area contributed by atoms with Gasteiger partial charge >= 0.3 is 24.2 Å². The maximum atomic E-state index is 13.5. The number of rotatable bonds is 16. The first-order valence-electron chi connectivity index (χ1n) is 16.2. The fourth-order valence-electron chi connectivity index (χ4n) is 4.03. The molecule has 0 spiro atoms. The SMILES string of the molecule is CC(C)(C)OC(=O)NCCCCC(NC(=O)OC(C)(C)C)C(=O)NC(CCCCNC(=O)OC(C)(C)C)C(=O)OCc1ccccc1. The minimum Gasteiger partial charge on any atom is -0.459 e. The van der Waals surface area contributed by atoms with Gasteiger partial charge in [0.2, 0.25) is 5.91 Å². The summed E-state index contributed by atoms with van der Waals surface area (Å²) in [6.45, 7) is 16.4. The average Bonchev–Trinajstić information content (AvgIpc) is 2.91. The van der Waals surface area contributed by atoms with Crippen LogP contribution in [0.15, 0.2) is 30.3 Å². The van der Waals surface area contributed by atoms with E-state index >= 15 is 0 Å². The number of nitrogens with one attached hydrogen (secondary N) is 4. The van der Waals surface area contributed by atoms with Gasteiger partial charge in [-0.2, -0.15) is 0 Å². The molecule has 0 aliphatic heterocycles. The molecule has 1 rings (SSSR count). The van der Waals surface area contributed by atoms with Crippen LogP contribution in [0, 0.1) is 0 Å². The zero-order chi connectivity index (χ0) is 35.7. The van der Waals surface area contributed by atoms with Gasteiger partial charge in [0.15, 0.2) is 0 Å². The number of unbranched alkanes of at least 4 members (excludes halogenated alkanes) is 2. The van der Waals surface area contributed by atoms with Crippen LogP contribution in [0.2, 0.25) is 0 Å². The summed E-state index contributed by atoms with van der Waals surface area (Å²) in [4.78, 5) is 63.2. The summed E-state index contributed by atoms with van der Waals surface area (Å²) in [5, 5.41) is 10.7. The average molecular weight is 665 g/mol. The summed E-state index contributed by atoms with van der Waals surface area (Å²) in [6.07, 6.45) is 0.541. The molecule has 13 nitrogen and oxygen atoms in total. The standard InChI is InChI=1S/C34H56N4O9/c1-32(2,3)45-29(41)35-21-15-13-19-25(38-31(43)47-34(7,8)9)27(39)37-26(28(40)44-23-24-17-11-10-12-18-24)20-14-16-22-36-30(42)46-33(4,5)6/h10-12,17-18,25-26H,13-16,19-23H2,1-9H3,(H,35,41)(H,36,42)(H,37,39)(H,38,43). The highest BCUT2D eigenvalue weighted by Gasteiger charge is 2.29. The van der Waals surface area contributed by atoms with Gasteiger partial charge in [-0.3, -0.25) is 4.79 Å². The Hall–Kier alpha value is -4.03. The molecular formula is C34H56N4O9. The Balaban J connectivity index is 2.90. The molecule has 0 saturated carbocycles. The first kappa shape index (κ1) is 41.0. The Morgan fingerprint density at radius 1 is 0.596 bits per heavy atom. The predicted octanol–water partition coefficient (Wildman–Crippen LogP) is 5.50. The van der Waals surface area contributed by atoms with Crippen LogP contribution in [0.25, 0.3) is 0 Å². The van der Waals surface area contributed by atoms with Gasteiger partial charge in [0.1, 0.15) is 35.5 Å². The van der Waals surface area contributed by atoms with E-state index in [1.807, 2.05) is 30.3 Å². The lowest BCUT2D eigenvalue weighted by Gasteiger charge is -2.25. The molecule has 0 aromatic heterocycles. The largest absolute Gasteiger partial charge is 0.459 e. The third-order valence-corrected chi connectivity index (χ3v) is 6.01. The van der Waals surface area contributed by atoms with Crippen molar-refractivity contribution in [3.05, 3.63) is 35.9 Å². The minimum atomic E-state index is -1.02. The van der Waals surface area contributed by atoms with Gasteiger partial charge in [0, 0.05) is 13.1 Å². The highest BCUT2D eigenvalue weighted by atomic mass is 16.6. The van der Waals surface area contributed by atoms with Crippen LogP contribution in [-0.2, 0) is 35.1 Å². The molecule has 0 aliphatic rings. The van der Waals surface area contributed by atoms with Crippen LogP contribution in [-0.4, -0.2) is 72.1 Å². The molecule has 1 aromatic rings. The maximum absolute atomic E-state index is 13.5. The van der Waals surface area contributed by atoms with Crippen molar-refractivity contribution >= 4 is 30.2 Å². The van der Waals surface area contributed by atoms with Crippen LogP contribution < -0.4 is 21.3 Å². The number of alkyl carbamates (subject to hydrolysis) is 3. The van der Waals surface area contributed by atoms with Crippen molar-refractivity contribution in [1.29, 1.82) is 0 Å². The second kappa shape index (κ2) is 19.6. The van der Waals surface area contributed by atoms with E-state index in [-0.39, 0.29) is 19.4 Å². The van der Waals surface area contributed by atoms with Gasteiger partial charge in [-0.15, -0.1) is 0 Å². The van der Waals surface area contributed by atoms with Crippen LogP contribution in [0.4, 0.5) is 14.4 Å². The Morgan fingerprint density at radius 2 is 1.04 bits per heavy atom. The van der Waals surface area contributed by atoms with Gasteiger partial charge in [0.25, 0.3) is 0 Å². The summed E-state index contributed by atoms with van der Waals surface area (Å²) in [5.74, 6) is -1.20. The third-order valence-electron chi connectivity index (χ3n) is 6.01. The zero-order valence-electron chi connectivity index (χ0n) is 29.6. The number of carbonyl (C=O) groups is 5. The van der Waals surface area contributed by atoms with E-state index in [0.717, 1.165) is 5.56 Å². The van der Waals surface area contributed by atoms with Gasteiger partial charge in [-0.1, -0.05) is 30.3 Å². The lowest BCUT2D eigenvalue weighted by atomic mass is 10.1. The Kier molecular flexibility index (Phi) is 17.1. The Bertz CT molecular complexity index is 1140. The smallest absolute Gasteiger partial charge is 0.408 e. The molecule has 2 unspecified atom stereocenters. The van der Waals surface area contributed by atoms with Crippen LogP contribution in [0.5, 0.6) is 0 Å². The van der Waals surface area contributed by atoms with Crippen molar-refractivity contribution in [2.45, 2.75) is 136 Å². The molecule has 0 fully saturated rings. The molecule has 0 saturated heterocycles. The number of esters is 1. The van der Waals surface area contributed by atoms with Crippen molar-refractivity contribution in [2.24, 2.45) is 0 Å². The molecule has 13 heteroatoms. The summed E-state index contributed by atoms with van der Waals surface area (Å²) < 4.78 is 21.4. The molecule has 0 aliphatic carbocycles. The number of benzene rings is 1. The quantitative estimate of drug-likeness (QED) is 0.101. The van der Waals surface area contributed by atoms with Gasteiger partial charge in [-0.05, 0) is 106 Å². The van der Waals surface area contributed by atoms with Crippen LogP contribution in [0.1, 0.15) is 106 Å². The highest BCUT2D eigenvalue weighted by molar-refractivity contribution is 5.89. The van der Waals surface area contributed by atoms with E-state index < -0.39 is 59.0 Å². The van der Waals surface area contributed by atoms with E-state index in [2.05, 4.69) is 21.3 Å². The molecule has 0 heterocycles. The van der Waals surface area contributed by atoms with Gasteiger partial charge in [-0.25, -0.2) is 19.2 Å². The van der Waals surface area contributed by atoms with Crippen LogP contribution in [0.3, 0.4) is 0 Å². The van der Waals surface area contributed by atoms with Gasteiger partial charge in [0.05, 0.1) is 0 Å². The minimum absolute atomic E-state index is 0.0243. The second-order valence-corrected chi connectivity index (χ2v) is 14.2. The van der Waals surface area contributed by atoms with Crippen molar-refractivity contribution in [3.63, 3.8) is 0 Å². The molecule has 1 aromatic carbocycles. The van der Waals surface area contributed by atoms with Gasteiger partial charge < -0.3 is 40.2 Å². The number of carbonyl (C=O) groups excluding carboxylic acids is 5. The molecule has 0 bridgehead atoms. The maximum Gasteiger partial charge on any atom is 0.408 e. The third kappa shape index (κ3) is 21.4. The lowest BCUT2D eigenvalue weighted by Crippen LogP contribution is -2.52. The first-order valence-corrected chi connectivity index (χ1v) is 16.2. The summed E-state index contributed by atoms with van der Waals surface area (Å²) >= 11 is 0. The van der Waals surface area contributed by atoms with Crippen molar-refractivity contribution < 1.29 is 42.9 Å². The van der Waals surface area contributed by atoms with Crippen molar-refractivity contribution in [1.82, 2.24) is 21.3 Å². The second-order valence-electron chi connectivity index (χ2n) is 14.2. The van der Waals surface area contributed by atoms with E-state index in [9.17, 15) is 24.0 Å². The number of hydrogen-bond donors (Lipinski definition) is 4. The summed E-state index contributed by atoms with van der Waals surface area (Å²) in [7, 11) is 0. The fraction of sp³-hybridized carbons (Fsp3) is 0.676. The number of amides is 4. The van der Waals surface area contributed by atoms with E-state index in [0.29, 0.717) is 38.8 Å². The number of hydrogen-bond acceptors (Lipinski definition) is 9. The lowest BCUT2D eigenvalue weighted by molar-refractivity contribution is -0.149. The molecule has 4 amide bonds. The fourth-order valence-corrected chi connectivity index (χ4v) is 4.03. The first-order chi connectivity index (χ1) is 21.7. The molecule has 4 N–H and O–H groups in total. The highest BCUT2D eigenvalue weighted by Crippen LogP contribution is 2.12. The zero-order valence-corrected chi connectivity index (χ0v) is 29.6. The number of ether oxygens (including phenoxy) is 4. The Morgan fingerprint density at radius 3 is 1.51 bits per heavy atom. The topological polar surface area (TPSA) is 170 Å². The molecular weight excluding hydrogens is 608 g/mol. The van der Waals surface area contributed by atoms with E-state index in [4.69, 9.17) is 18.9 Å². The van der Waals surface area contributed by atoms with Crippen LogP contribution >= 0.6 is 0 Å². The molecule has 2 atom stereocenters. The summed E-state index contributed by atoms with van der Waals surface area (Å²) in [5.41, 5.74) is -1.25. The molecule has 266 valence electrons. The predicted molar refractivity (Wildman–Crippen MR) is 178 cm³/mol. The molecule has 47 heavy (non-hydrogen) atoms. The summed E-state index contributed by atoms with van der Waals surface area (Å²) in [6, 6.07) is 7.12. The Labute approximate surface area is 279 Å². The normalized spacial score (nSPS) is 13.0. The molecule has 0 radical (unpaired) electrons. The van der Waals surface area contributed by atoms with Crippen molar-refractivity contribution in [2.75, 3.05) is 13.1 Å². The monoisotopic (exact) mass is 664 g/mol. The van der Waals surface area contributed by atoms with Crippen molar-refractivity contribution in [3.8, 4) is 0 Å². The van der Waals surface area contributed by atoms with E-state index in [1.54, 1.807) is 62.3 Å². The van der Waals surface area contributed by atoms with E-state index in [1.165, 1.54) is 0 Å².